The largest absolute Gasteiger partial charge is 0.492 e. The summed E-state index contributed by atoms with van der Waals surface area (Å²) in [5, 5.41) is 5.37. The Morgan fingerprint density at radius 1 is 1.12 bits per heavy atom. The van der Waals surface area contributed by atoms with Gasteiger partial charge in [0.1, 0.15) is 12.4 Å². The maximum Gasteiger partial charge on any atom is 0.416 e. The minimum absolute atomic E-state index is 0.0639. The maximum atomic E-state index is 12.6. The van der Waals surface area contributed by atoms with E-state index in [4.69, 9.17) is 4.74 Å². The van der Waals surface area contributed by atoms with Gasteiger partial charge in [0.2, 0.25) is 0 Å². The molecule has 2 aromatic rings. The van der Waals surface area contributed by atoms with Crippen LogP contribution in [-0.4, -0.2) is 19.2 Å². The fraction of sp³-hybridized carbons (Fsp3) is 0.278. The lowest BCUT2D eigenvalue weighted by Gasteiger charge is -2.15. The van der Waals surface area contributed by atoms with E-state index in [1.807, 2.05) is 37.3 Å². The molecule has 0 aliphatic rings. The Kier molecular flexibility index (Phi) is 6.27. The van der Waals surface area contributed by atoms with Crippen molar-refractivity contribution in [1.29, 1.82) is 0 Å². The highest BCUT2D eigenvalue weighted by atomic mass is 19.4. The highest BCUT2D eigenvalue weighted by Gasteiger charge is 2.30. The van der Waals surface area contributed by atoms with Crippen LogP contribution >= 0.6 is 0 Å². The van der Waals surface area contributed by atoms with E-state index in [9.17, 15) is 18.0 Å². The fourth-order valence-corrected chi connectivity index (χ4v) is 2.17. The predicted octanol–water partition coefficient (Wildman–Crippen LogP) is 4.14. The molecule has 2 rings (SSSR count). The molecule has 0 aliphatic heterocycles. The number of carbonyl (C=O) groups excluding carboxylic acids is 1. The van der Waals surface area contributed by atoms with Gasteiger partial charge in [-0.05, 0) is 30.7 Å². The summed E-state index contributed by atoms with van der Waals surface area (Å²) in [4.78, 5) is 11.8. The van der Waals surface area contributed by atoms with Crippen molar-refractivity contribution < 1.29 is 22.7 Å². The van der Waals surface area contributed by atoms with Crippen LogP contribution in [0.5, 0.6) is 5.75 Å². The molecular formula is C18H19F3N2O2. The van der Waals surface area contributed by atoms with Gasteiger partial charge < -0.3 is 15.4 Å². The van der Waals surface area contributed by atoms with E-state index in [1.54, 1.807) is 0 Å². The monoisotopic (exact) mass is 352 g/mol. The van der Waals surface area contributed by atoms with Crippen LogP contribution in [0.4, 0.5) is 18.0 Å². The summed E-state index contributed by atoms with van der Waals surface area (Å²) in [5.41, 5.74) is 0.199. The predicted molar refractivity (Wildman–Crippen MR) is 88.3 cm³/mol. The van der Waals surface area contributed by atoms with Gasteiger partial charge in [0, 0.05) is 0 Å². The molecule has 2 N–H and O–H groups in total. The number of hydrogen-bond donors (Lipinski definition) is 2. The number of nitrogens with one attached hydrogen (secondary N) is 2. The molecule has 0 fully saturated rings. The second-order valence-corrected chi connectivity index (χ2v) is 5.41. The standard InChI is InChI=1S/C18H19F3N2O2/c1-13(14-6-3-2-4-7-14)23-17(24)22-10-11-25-16-9-5-8-15(12-16)18(19,20)21/h2-9,12-13H,10-11H2,1H3,(H2,22,23,24). The topological polar surface area (TPSA) is 50.4 Å². The lowest BCUT2D eigenvalue weighted by Crippen LogP contribution is -2.38. The Labute approximate surface area is 144 Å². The van der Waals surface area contributed by atoms with Crippen molar-refractivity contribution in [2.24, 2.45) is 0 Å². The first-order valence-corrected chi connectivity index (χ1v) is 7.75. The second-order valence-electron chi connectivity index (χ2n) is 5.41. The van der Waals surface area contributed by atoms with Crippen molar-refractivity contribution in [3.63, 3.8) is 0 Å². The molecule has 2 amide bonds. The van der Waals surface area contributed by atoms with Gasteiger partial charge in [0.25, 0.3) is 0 Å². The number of carbonyl (C=O) groups is 1. The van der Waals surface area contributed by atoms with E-state index in [2.05, 4.69) is 10.6 Å². The molecule has 25 heavy (non-hydrogen) atoms. The third-order valence-electron chi connectivity index (χ3n) is 3.46. The lowest BCUT2D eigenvalue weighted by atomic mass is 10.1. The number of urea groups is 1. The summed E-state index contributed by atoms with van der Waals surface area (Å²) in [5.74, 6) is 0.106. The van der Waals surface area contributed by atoms with E-state index >= 15 is 0 Å². The fourth-order valence-electron chi connectivity index (χ4n) is 2.17. The zero-order chi connectivity index (χ0) is 18.3. The number of halogens is 3. The van der Waals surface area contributed by atoms with E-state index in [-0.39, 0.29) is 31.0 Å². The molecule has 0 saturated heterocycles. The Morgan fingerprint density at radius 3 is 2.52 bits per heavy atom. The first-order chi connectivity index (χ1) is 11.9. The van der Waals surface area contributed by atoms with Crippen molar-refractivity contribution in [2.45, 2.75) is 19.1 Å². The highest BCUT2D eigenvalue weighted by Crippen LogP contribution is 2.31. The summed E-state index contributed by atoms with van der Waals surface area (Å²) < 4.78 is 43.0. The Hall–Kier alpha value is -2.70. The molecule has 0 heterocycles. The molecule has 1 atom stereocenters. The summed E-state index contributed by atoms with van der Waals surface area (Å²) >= 11 is 0. The smallest absolute Gasteiger partial charge is 0.416 e. The van der Waals surface area contributed by atoms with Crippen LogP contribution in [0.15, 0.2) is 54.6 Å². The molecule has 0 radical (unpaired) electrons. The number of hydrogen-bond acceptors (Lipinski definition) is 2. The van der Waals surface area contributed by atoms with Crippen molar-refractivity contribution in [1.82, 2.24) is 10.6 Å². The molecule has 1 unspecified atom stereocenters. The van der Waals surface area contributed by atoms with Crippen LogP contribution in [0, 0.1) is 0 Å². The quantitative estimate of drug-likeness (QED) is 0.768. The van der Waals surface area contributed by atoms with Crippen LogP contribution in [0.1, 0.15) is 24.1 Å². The Bertz CT molecular complexity index is 690. The van der Waals surface area contributed by atoms with Gasteiger partial charge in [-0.1, -0.05) is 36.4 Å². The minimum atomic E-state index is -4.41. The molecule has 2 aromatic carbocycles. The molecule has 0 bridgehead atoms. The van der Waals surface area contributed by atoms with Crippen molar-refractivity contribution in [3.8, 4) is 5.75 Å². The summed E-state index contributed by atoms with van der Waals surface area (Å²) in [7, 11) is 0. The van der Waals surface area contributed by atoms with Gasteiger partial charge in [-0.3, -0.25) is 0 Å². The maximum absolute atomic E-state index is 12.6. The normalized spacial score (nSPS) is 12.3. The first-order valence-electron chi connectivity index (χ1n) is 7.75. The SMILES string of the molecule is CC(NC(=O)NCCOc1cccc(C(F)(F)F)c1)c1ccccc1. The summed E-state index contributed by atoms with van der Waals surface area (Å²) in [6.07, 6.45) is -4.41. The van der Waals surface area contributed by atoms with Crippen molar-refractivity contribution in [2.75, 3.05) is 13.2 Å². The zero-order valence-corrected chi connectivity index (χ0v) is 13.6. The molecule has 134 valence electrons. The average Bonchev–Trinajstić information content (AvgIpc) is 2.59. The first kappa shape index (κ1) is 18.6. The third kappa shape index (κ3) is 6.02. The van der Waals surface area contributed by atoms with E-state index in [1.165, 1.54) is 12.1 Å². The Balaban J connectivity index is 1.73. The van der Waals surface area contributed by atoms with Gasteiger partial charge in [-0.2, -0.15) is 13.2 Å². The third-order valence-corrected chi connectivity index (χ3v) is 3.46. The van der Waals surface area contributed by atoms with Crippen molar-refractivity contribution in [3.05, 3.63) is 65.7 Å². The van der Waals surface area contributed by atoms with E-state index in [0.29, 0.717) is 0 Å². The van der Waals surface area contributed by atoms with Crippen LogP contribution in [0.2, 0.25) is 0 Å². The van der Waals surface area contributed by atoms with Crippen LogP contribution in [0.3, 0.4) is 0 Å². The number of benzene rings is 2. The average molecular weight is 352 g/mol. The molecule has 4 nitrogen and oxygen atoms in total. The van der Waals surface area contributed by atoms with Gasteiger partial charge in [-0.25, -0.2) is 4.79 Å². The van der Waals surface area contributed by atoms with E-state index in [0.717, 1.165) is 17.7 Å². The van der Waals surface area contributed by atoms with E-state index < -0.39 is 11.7 Å². The minimum Gasteiger partial charge on any atom is -0.492 e. The number of rotatable bonds is 6. The lowest BCUT2D eigenvalue weighted by molar-refractivity contribution is -0.137. The number of alkyl halides is 3. The Morgan fingerprint density at radius 2 is 1.84 bits per heavy atom. The van der Waals surface area contributed by atoms with Gasteiger partial charge in [0.05, 0.1) is 18.2 Å². The molecule has 0 spiro atoms. The molecule has 0 aromatic heterocycles. The van der Waals surface area contributed by atoms with Crippen LogP contribution < -0.4 is 15.4 Å². The number of amides is 2. The van der Waals surface area contributed by atoms with Crippen LogP contribution in [0.25, 0.3) is 0 Å². The molecule has 7 heteroatoms. The van der Waals surface area contributed by atoms with Gasteiger partial charge >= 0.3 is 12.2 Å². The van der Waals surface area contributed by atoms with Gasteiger partial charge in [0.15, 0.2) is 0 Å². The number of ether oxygens (including phenoxy) is 1. The van der Waals surface area contributed by atoms with Crippen LogP contribution in [-0.2, 0) is 6.18 Å². The zero-order valence-electron chi connectivity index (χ0n) is 13.6. The van der Waals surface area contributed by atoms with Gasteiger partial charge in [-0.15, -0.1) is 0 Å². The molecule has 0 saturated carbocycles. The van der Waals surface area contributed by atoms with Crippen molar-refractivity contribution >= 4 is 6.03 Å². The molecular weight excluding hydrogens is 333 g/mol. The second kappa shape index (κ2) is 8.41. The summed E-state index contributed by atoms with van der Waals surface area (Å²) in [6, 6.07) is 13.6. The highest BCUT2D eigenvalue weighted by molar-refractivity contribution is 5.74. The molecule has 0 aliphatic carbocycles. The summed E-state index contributed by atoms with van der Waals surface area (Å²) in [6.45, 7) is 2.09.